The number of nitrogens with zero attached hydrogens (tertiary/aromatic N) is 2. The molecule has 2 saturated heterocycles. The molecule has 0 radical (unpaired) electrons. The molecule has 224 valence electrons. The fraction of sp³-hybridized carbons (Fsp3) is 0.515. The molecular weight excluding hydrogens is 557 g/mol. The van der Waals surface area contributed by atoms with E-state index in [0.717, 1.165) is 38.3 Å². The van der Waals surface area contributed by atoms with Crippen molar-refractivity contribution in [2.24, 2.45) is 11.8 Å². The number of hydrogen-bond acceptors (Lipinski definition) is 5. The number of hydrogen-bond donors (Lipinski definition) is 1. The minimum atomic E-state index is -0.587. The summed E-state index contributed by atoms with van der Waals surface area (Å²) in [4.78, 5) is 30.9. The van der Waals surface area contributed by atoms with Gasteiger partial charge in [-0.05, 0) is 67.7 Å². The molecule has 1 N–H and O–H groups in total. The van der Waals surface area contributed by atoms with Gasteiger partial charge in [-0.15, -0.1) is 0 Å². The predicted octanol–water partition coefficient (Wildman–Crippen LogP) is 6.54. The summed E-state index contributed by atoms with van der Waals surface area (Å²) in [5.74, 6) is 0.254. The lowest BCUT2D eigenvalue weighted by Gasteiger charge is -2.41. The van der Waals surface area contributed by atoms with E-state index in [0.29, 0.717) is 41.6 Å². The Kier molecular flexibility index (Phi) is 8.57. The smallest absolute Gasteiger partial charge is 0.259 e. The number of para-hydroxylation sites is 1. The summed E-state index contributed by atoms with van der Waals surface area (Å²) in [6.07, 6.45) is 6.89. The van der Waals surface area contributed by atoms with Crippen LogP contribution in [0.15, 0.2) is 47.1 Å². The minimum Gasteiger partial charge on any atom is -0.463 e. The lowest BCUT2D eigenvalue weighted by molar-refractivity contribution is -0.133. The van der Waals surface area contributed by atoms with Crippen LogP contribution in [-0.4, -0.2) is 66.0 Å². The van der Waals surface area contributed by atoms with Crippen LogP contribution in [0, 0.1) is 17.7 Å². The van der Waals surface area contributed by atoms with E-state index in [1.54, 1.807) is 12.1 Å². The average molecular weight is 596 g/mol. The minimum absolute atomic E-state index is 0.0281. The summed E-state index contributed by atoms with van der Waals surface area (Å²) in [6.45, 7) is 7.78. The molecule has 3 fully saturated rings. The van der Waals surface area contributed by atoms with E-state index in [1.807, 2.05) is 17.0 Å². The number of nitrogens with one attached hydrogen (secondary N) is 1. The molecule has 1 aliphatic carbocycles. The fourth-order valence-electron chi connectivity index (χ4n) is 6.74. The van der Waals surface area contributed by atoms with Gasteiger partial charge >= 0.3 is 0 Å². The quantitative estimate of drug-likeness (QED) is 0.320. The number of halogens is 2. The monoisotopic (exact) mass is 595 g/mol. The summed E-state index contributed by atoms with van der Waals surface area (Å²) >= 11 is 6.49. The van der Waals surface area contributed by atoms with Crippen LogP contribution in [0.3, 0.4) is 0 Å². The molecule has 6 rings (SSSR count). The molecule has 2 aliphatic heterocycles. The van der Waals surface area contributed by atoms with E-state index in [4.69, 9.17) is 20.8 Å². The molecule has 0 bridgehead atoms. The van der Waals surface area contributed by atoms with Gasteiger partial charge in [-0.25, -0.2) is 4.39 Å². The second-order valence-electron chi connectivity index (χ2n) is 12.6. The highest BCUT2D eigenvalue weighted by Crippen LogP contribution is 2.32. The first-order valence-electron chi connectivity index (χ1n) is 15.2. The van der Waals surface area contributed by atoms with Gasteiger partial charge in [0, 0.05) is 31.1 Å². The number of likely N-dealkylation sites (tertiary alicyclic amines) is 2. The van der Waals surface area contributed by atoms with Crippen LogP contribution in [0.4, 0.5) is 10.1 Å². The third-order valence-electron chi connectivity index (χ3n) is 9.26. The van der Waals surface area contributed by atoms with Gasteiger partial charge in [0.25, 0.3) is 5.91 Å². The van der Waals surface area contributed by atoms with Crippen LogP contribution in [0.1, 0.15) is 61.9 Å². The van der Waals surface area contributed by atoms with Crippen molar-refractivity contribution in [1.82, 2.24) is 9.80 Å². The van der Waals surface area contributed by atoms with Crippen molar-refractivity contribution >= 4 is 40.1 Å². The molecule has 0 unspecified atom stereocenters. The summed E-state index contributed by atoms with van der Waals surface area (Å²) in [6, 6.07) is 10.1. The molecule has 0 spiro atoms. The van der Waals surface area contributed by atoms with Crippen molar-refractivity contribution in [2.45, 2.75) is 70.6 Å². The SMILES string of the molecule is CC1CCC(OC[C@@H]2C[C@H](N3CC(C)C3)CN2C(=O)Cc2cc(Cl)c(NC(=O)c3coc4ccccc34)cc2F)CC1. The van der Waals surface area contributed by atoms with Gasteiger partial charge in [0.1, 0.15) is 17.7 Å². The zero-order valence-corrected chi connectivity index (χ0v) is 25.0. The summed E-state index contributed by atoms with van der Waals surface area (Å²) in [5.41, 5.74) is 1.26. The van der Waals surface area contributed by atoms with Gasteiger partial charge in [0.2, 0.25) is 5.91 Å². The van der Waals surface area contributed by atoms with Crippen LogP contribution < -0.4 is 5.32 Å². The second kappa shape index (κ2) is 12.3. The molecule has 3 aromatic rings. The standard InChI is InChI=1S/C33H39ClFN3O4/c1-20-7-9-25(10-8-20)41-18-24-13-23(37-15-21(2)16-37)17-38(24)32(39)12-22-11-28(34)30(14-29(22)35)36-33(40)27-19-42-31-6-4-3-5-26(27)31/h3-6,11,14,19-21,23-25H,7-10,12-13,15-18H2,1-2H3,(H,36,40)/t20?,23-,24-,25?/m0/s1. The van der Waals surface area contributed by atoms with Gasteiger partial charge < -0.3 is 19.4 Å². The van der Waals surface area contributed by atoms with E-state index >= 15 is 4.39 Å². The number of carbonyl (C=O) groups excluding carboxylic acids is 2. The molecule has 3 heterocycles. The Labute approximate surface area is 251 Å². The van der Waals surface area contributed by atoms with Crippen molar-refractivity contribution in [2.75, 3.05) is 31.6 Å². The van der Waals surface area contributed by atoms with Crippen LogP contribution in [0.25, 0.3) is 11.0 Å². The van der Waals surface area contributed by atoms with E-state index in [-0.39, 0.29) is 40.7 Å². The molecule has 9 heteroatoms. The van der Waals surface area contributed by atoms with Crippen molar-refractivity contribution in [3.05, 3.63) is 64.6 Å². The lowest BCUT2D eigenvalue weighted by Crippen LogP contribution is -2.52. The molecule has 42 heavy (non-hydrogen) atoms. The maximum Gasteiger partial charge on any atom is 0.259 e. The Morgan fingerprint density at radius 1 is 1.07 bits per heavy atom. The lowest BCUT2D eigenvalue weighted by atomic mass is 9.89. The van der Waals surface area contributed by atoms with Gasteiger partial charge in [-0.3, -0.25) is 14.5 Å². The van der Waals surface area contributed by atoms with E-state index in [1.165, 1.54) is 31.2 Å². The Balaban J connectivity index is 1.12. The number of fused-ring (bicyclic) bond motifs is 1. The van der Waals surface area contributed by atoms with E-state index in [9.17, 15) is 9.59 Å². The number of benzene rings is 2. The number of amides is 2. The van der Waals surface area contributed by atoms with E-state index < -0.39 is 11.7 Å². The first-order chi connectivity index (χ1) is 20.2. The highest BCUT2D eigenvalue weighted by molar-refractivity contribution is 6.34. The Bertz CT molecular complexity index is 1450. The molecule has 1 aromatic heterocycles. The maximum absolute atomic E-state index is 15.3. The fourth-order valence-corrected chi connectivity index (χ4v) is 6.97. The Hall–Kier alpha value is -2.94. The summed E-state index contributed by atoms with van der Waals surface area (Å²) in [7, 11) is 0. The van der Waals surface area contributed by atoms with Crippen LogP contribution in [-0.2, 0) is 16.0 Å². The predicted molar refractivity (Wildman–Crippen MR) is 161 cm³/mol. The number of anilines is 1. The third-order valence-corrected chi connectivity index (χ3v) is 9.57. The van der Waals surface area contributed by atoms with Gasteiger partial charge in [-0.1, -0.05) is 43.6 Å². The molecule has 2 amide bonds. The molecule has 3 aliphatic rings. The van der Waals surface area contributed by atoms with Crippen molar-refractivity contribution in [3.8, 4) is 0 Å². The number of rotatable bonds is 8. The van der Waals surface area contributed by atoms with Gasteiger partial charge in [-0.2, -0.15) is 0 Å². The Morgan fingerprint density at radius 3 is 2.60 bits per heavy atom. The van der Waals surface area contributed by atoms with Crippen molar-refractivity contribution in [3.63, 3.8) is 0 Å². The van der Waals surface area contributed by atoms with E-state index in [2.05, 4.69) is 24.1 Å². The van der Waals surface area contributed by atoms with Crippen LogP contribution >= 0.6 is 11.6 Å². The molecule has 2 aromatic carbocycles. The first-order valence-corrected chi connectivity index (χ1v) is 15.5. The zero-order chi connectivity index (χ0) is 29.4. The molecule has 1 saturated carbocycles. The molecular formula is C33H39ClFN3O4. The normalized spacial score (nSPS) is 25.1. The zero-order valence-electron chi connectivity index (χ0n) is 24.3. The van der Waals surface area contributed by atoms with Crippen molar-refractivity contribution < 1.29 is 23.1 Å². The van der Waals surface area contributed by atoms with Gasteiger partial charge in [0.05, 0.1) is 41.4 Å². The number of carbonyl (C=O) groups is 2. The highest BCUT2D eigenvalue weighted by atomic mass is 35.5. The summed E-state index contributed by atoms with van der Waals surface area (Å²) < 4.78 is 27.1. The second-order valence-corrected chi connectivity index (χ2v) is 13.0. The Morgan fingerprint density at radius 2 is 1.83 bits per heavy atom. The first kappa shape index (κ1) is 29.1. The highest BCUT2D eigenvalue weighted by Gasteiger charge is 2.41. The van der Waals surface area contributed by atoms with Crippen LogP contribution in [0.5, 0.6) is 0 Å². The van der Waals surface area contributed by atoms with Crippen LogP contribution in [0.2, 0.25) is 5.02 Å². The summed E-state index contributed by atoms with van der Waals surface area (Å²) in [5, 5.41) is 3.51. The molecule has 7 nitrogen and oxygen atoms in total. The molecule has 2 atom stereocenters. The maximum atomic E-state index is 15.3. The van der Waals surface area contributed by atoms with Gasteiger partial charge in [0.15, 0.2) is 0 Å². The largest absolute Gasteiger partial charge is 0.463 e. The van der Waals surface area contributed by atoms with Crippen molar-refractivity contribution in [1.29, 1.82) is 0 Å². The average Bonchev–Trinajstić information content (AvgIpc) is 3.58. The number of ether oxygens (including phenoxy) is 1. The topological polar surface area (TPSA) is 75.0 Å². The third kappa shape index (κ3) is 6.21. The number of furan rings is 1.